The van der Waals surface area contributed by atoms with Gasteiger partial charge in [-0.15, -0.1) is 0 Å². The van der Waals surface area contributed by atoms with Gasteiger partial charge in [0, 0.05) is 18.3 Å². The highest BCUT2D eigenvalue weighted by atomic mass is 16.6. The van der Waals surface area contributed by atoms with E-state index in [0.29, 0.717) is 6.42 Å². The van der Waals surface area contributed by atoms with E-state index in [-0.39, 0.29) is 23.4 Å². The molecule has 1 aliphatic heterocycles. The number of ketones is 2. The minimum Gasteiger partial charge on any atom is -0.459 e. The molecule has 1 heterocycles. The Labute approximate surface area is 135 Å². The van der Waals surface area contributed by atoms with Gasteiger partial charge in [0.2, 0.25) is 0 Å². The van der Waals surface area contributed by atoms with E-state index in [0.717, 1.165) is 5.57 Å². The molecule has 0 aromatic rings. The second-order valence-electron chi connectivity index (χ2n) is 8.18. The van der Waals surface area contributed by atoms with Crippen LogP contribution in [-0.2, 0) is 19.1 Å². The summed E-state index contributed by atoms with van der Waals surface area (Å²) < 4.78 is 5.40. The van der Waals surface area contributed by atoms with Crippen molar-refractivity contribution in [2.45, 2.75) is 46.3 Å². The smallest absolute Gasteiger partial charge is 0.310 e. The van der Waals surface area contributed by atoms with E-state index in [2.05, 4.69) is 0 Å². The number of ether oxygens (including phenoxy) is 1. The van der Waals surface area contributed by atoms with E-state index >= 15 is 0 Å². The van der Waals surface area contributed by atoms with Crippen LogP contribution in [0.3, 0.4) is 0 Å². The van der Waals surface area contributed by atoms with E-state index < -0.39 is 40.8 Å². The van der Waals surface area contributed by atoms with Crippen molar-refractivity contribution in [3.8, 4) is 0 Å². The van der Waals surface area contributed by atoms with Gasteiger partial charge in [-0.25, -0.2) is 0 Å². The lowest BCUT2D eigenvalue weighted by molar-refractivity contribution is -0.166. The van der Waals surface area contributed by atoms with Crippen molar-refractivity contribution in [2.24, 2.45) is 34.5 Å². The Kier molecular flexibility index (Phi) is 2.70. The first-order valence-corrected chi connectivity index (χ1v) is 8.33. The zero-order valence-electron chi connectivity index (χ0n) is 13.8. The molecule has 3 aliphatic carbocycles. The van der Waals surface area contributed by atoms with Crippen molar-refractivity contribution in [3.05, 3.63) is 11.6 Å². The first-order valence-electron chi connectivity index (χ1n) is 8.33. The maximum Gasteiger partial charge on any atom is 0.310 e. The Morgan fingerprint density at radius 1 is 1.22 bits per heavy atom. The molecule has 2 saturated carbocycles. The first kappa shape index (κ1) is 15.1. The number of Topliss-reactive ketones (excluding diaryl/α,β-unsaturated/α-hetero) is 1. The van der Waals surface area contributed by atoms with Gasteiger partial charge >= 0.3 is 5.97 Å². The highest BCUT2D eigenvalue weighted by molar-refractivity contribution is 6.05. The number of carbonyl (C=O) groups excluding carboxylic acids is 3. The van der Waals surface area contributed by atoms with Gasteiger partial charge in [0.1, 0.15) is 11.9 Å². The maximum atomic E-state index is 13.0. The fourth-order valence-corrected chi connectivity index (χ4v) is 6.09. The van der Waals surface area contributed by atoms with E-state index in [9.17, 15) is 19.5 Å². The lowest BCUT2D eigenvalue weighted by Gasteiger charge is -2.55. The Morgan fingerprint density at radius 3 is 2.52 bits per heavy atom. The third-order valence-electron chi connectivity index (χ3n) is 7.16. The van der Waals surface area contributed by atoms with Crippen LogP contribution < -0.4 is 0 Å². The van der Waals surface area contributed by atoms with E-state index in [1.165, 1.54) is 0 Å². The van der Waals surface area contributed by atoms with Gasteiger partial charge in [0.15, 0.2) is 5.78 Å². The zero-order chi connectivity index (χ0) is 16.9. The van der Waals surface area contributed by atoms with Crippen molar-refractivity contribution in [2.75, 3.05) is 0 Å². The summed E-state index contributed by atoms with van der Waals surface area (Å²) in [6.45, 7) is 7.36. The standard InChI is InChI=1S/C18H22O5/c1-7-5-10(19)17(3)9(7)6-11(20)18(4)12-8(2)14(23-16(12)22)13(21)15(17)18/h6-8,12-15,21H,5H2,1-4H3/t7-,8?,12-,13+,14-,15-,17-,18+/m1/s1. The summed E-state index contributed by atoms with van der Waals surface area (Å²) in [5.41, 5.74) is -1.15. The third-order valence-corrected chi connectivity index (χ3v) is 7.16. The largest absolute Gasteiger partial charge is 0.459 e. The molecule has 124 valence electrons. The molecule has 1 saturated heterocycles. The van der Waals surface area contributed by atoms with Crippen LogP contribution in [0.1, 0.15) is 34.1 Å². The molecule has 3 fully saturated rings. The van der Waals surface area contributed by atoms with Crippen LogP contribution in [0.15, 0.2) is 11.6 Å². The summed E-state index contributed by atoms with van der Waals surface area (Å²) in [6.07, 6.45) is 0.342. The minimum atomic E-state index is -1.08. The Morgan fingerprint density at radius 2 is 1.87 bits per heavy atom. The summed E-state index contributed by atoms with van der Waals surface area (Å²) in [5.74, 6) is -1.93. The molecule has 23 heavy (non-hydrogen) atoms. The molecule has 5 heteroatoms. The third kappa shape index (κ3) is 1.41. The van der Waals surface area contributed by atoms with Crippen LogP contribution in [-0.4, -0.2) is 34.9 Å². The molecular formula is C18H22O5. The Bertz CT molecular complexity index is 679. The number of rotatable bonds is 0. The number of aliphatic hydroxyl groups excluding tert-OH is 1. The second kappa shape index (κ2) is 4.12. The molecule has 0 amide bonds. The van der Waals surface area contributed by atoms with E-state index in [1.54, 1.807) is 13.0 Å². The highest BCUT2D eigenvalue weighted by Gasteiger charge is 2.73. The summed E-state index contributed by atoms with van der Waals surface area (Å²) in [5, 5.41) is 11.0. The monoisotopic (exact) mass is 318 g/mol. The van der Waals surface area contributed by atoms with Crippen LogP contribution in [0.25, 0.3) is 0 Å². The number of allylic oxidation sites excluding steroid dienone is 2. The van der Waals surface area contributed by atoms with Gasteiger partial charge in [-0.05, 0) is 24.5 Å². The molecule has 0 aromatic carbocycles. The molecule has 0 radical (unpaired) electrons. The van der Waals surface area contributed by atoms with Crippen molar-refractivity contribution < 1.29 is 24.2 Å². The van der Waals surface area contributed by atoms with Gasteiger partial charge in [-0.1, -0.05) is 20.8 Å². The number of aliphatic hydroxyl groups is 1. The fourth-order valence-electron chi connectivity index (χ4n) is 6.09. The number of hydrogen-bond acceptors (Lipinski definition) is 5. The zero-order valence-corrected chi connectivity index (χ0v) is 13.8. The Hall–Kier alpha value is -1.49. The number of carbonyl (C=O) groups is 3. The minimum absolute atomic E-state index is 0.00169. The summed E-state index contributed by atoms with van der Waals surface area (Å²) in [7, 11) is 0. The van der Waals surface area contributed by atoms with Crippen LogP contribution in [0.5, 0.6) is 0 Å². The predicted molar refractivity (Wildman–Crippen MR) is 80.1 cm³/mol. The average Bonchev–Trinajstić information content (AvgIpc) is 2.83. The topological polar surface area (TPSA) is 80.7 Å². The van der Waals surface area contributed by atoms with Gasteiger partial charge in [0.05, 0.1) is 22.9 Å². The molecule has 4 rings (SSSR count). The molecule has 1 N–H and O–H groups in total. The van der Waals surface area contributed by atoms with Gasteiger partial charge in [0.25, 0.3) is 0 Å². The second-order valence-corrected chi connectivity index (χ2v) is 8.18. The summed E-state index contributed by atoms with van der Waals surface area (Å²) in [6, 6.07) is 0. The highest BCUT2D eigenvalue weighted by Crippen LogP contribution is 2.65. The lowest BCUT2D eigenvalue weighted by atomic mass is 9.45. The molecule has 1 unspecified atom stereocenters. The van der Waals surface area contributed by atoms with Crippen LogP contribution in [0.4, 0.5) is 0 Å². The normalized spacial score (nSPS) is 54.5. The number of esters is 1. The van der Waals surface area contributed by atoms with Gasteiger partial charge in [-0.2, -0.15) is 0 Å². The average molecular weight is 318 g/mol. The molecule has 0 spiro atoms. The van der Waals surface area contributed by atoms with Crippen molar-refractivity contribution >= 4 is 17.5 Å². The van der Waals surface area contributed by atoms with E-state index in [4.69, 9.17) is 4.74 Å². The first-order chi connectivity index (χ1) is 10.6. The van der Waals surface area contributed by atoms with Gasteiger partial charge < -0.3 is 9.84 Å². The SMILES string of the molecule is CC1[C@H]2OC(=O)[C@@H]1[C@]1(C)C(=O)C=C3[C@H](C)CC(=O)[C@]3(C)[C@H]1[C@H]2O. The number of fused-ring (bicyclic) bond motifs is 6. The molecular weight excluding hydrogens is 296 g/mol. The van der Waals surface area contributed by atoms with Gasteiger partial charge in [-0.3, -0.25) is 14.4 Å². The quantitative estimate of drug-likeness (QED) is 0.681. The van der Waals surface area contributed by atoms with Crippen molar-refractivity contribution in [1.29, 1.82) is 0 Å². The molecule has 8 atom stereocenters. The molecule has 0 aromatic heterocycles. The van der Waals surface area contributed by atoms with Crippen LogP contribution >= 0.6 is 0 Å². The predicted octanol–water partition coefficient (Wildman–Crippen LogP) is 1.29. The Balaban J connectivity index is 1.99. The fraction of sp³-hybridized carbons (Fsp3) is 0.722. The molecule has 4 aliphatic rings. The van der Waals surface area contributed by atoms with Crippen LogP contribution in [0.2, 0.25) is 0 Å². The van der Waals surface area contributed by atoms with Crippen LogP contribution in [0, 0.1) is 34.5 Å². The van der Waals surface area contributed by atoms with E-state index in [1.807, 2.05) is 20.8 Å². The van der Waals surface area contributed by atoms with Crippen molar-refractivity contribution in [3.63, 3.8) is 0 Å². The number of hydrogen-bond donors (Lipinski definition) is 1. The maximum absolute atomic E-state index is 13.0. The molecule has 5 nitrogen and oxygen atoms in total. The summed E-state index contributed by atoms with van der Waals surface area (Å²) >= 11 is 0. The lowest BCUT2D eigenvalue weighted by Crippen LogP contribution is -2.64. The molecule has 2 bridgehead atoms. The van der Waals surface area contributed by atoms with Crippen molar-refractivity contribution in [1.82, 2.24) is 0 Å². The summed E-state index contributed by atoms with van der Waals surface area (Å²) in [4.78, 5) is 38.2.